The maximum atomic E-state index is 11.1. The molecule has 0 saturated heterocycles. The van der Waals surface area contributed by atoms with Gasteiger partial charge in [-0.05, 0) is 28.1 Å². The first-order chi connectivity index (χ1) is 8.31. The number of hydrogen-bond acceptors (Lipinski definition) is 4. The van der Waals surface area contributed by atoms with Crippen molar-refractivity contribution < 1.29 is 18.3 Å². The number of carbonyl (C=O) groups is 1. The SMILES string of the molecule is CS(=O)(=O)NCCNc1cccc(Br)c1C(=O)O. The number of sulfonamides is 1. The van der Waals surface area contributed by atoms with Gasteiger partial charge in [-0.15, -0.1) is 0 Å². The Labute approximate surface area is 114 Å². The molecule has 1 aromatic carbocycles. The van der Waals surface area contributed by atoms with Gasteiger partial charge in [0.25, 0.3) is 0 Å². The highest BCUT2D eigenvalue weighted by Gasteiger charge is 2.13. The smallest absolute Gasteiger partial charge is 0.338 e. The summed E-state index contributed by atoms with van der Waals surface area (Å²) in [6.45, 7) is 0.480. The molecule has 1 rings (SSSR count). The summed E-state index contributed by atoms with van der Waals surface area (Å²) in [4.78, 5) is 11.1. The fraction of sp³-hybridized carbons (Fsp3) is 0.300. The molecule has 100 valence electrons. The molecule has 8 heteroatoms. The monoisotopic (exact) mass is 336 g/mol. The highest BCUT2D eigenvalue weighted by molar-refractivity contribution is 9.10. The van der Waals surface area contributed by atoms with E-state index in [1.54, 1.807) is 18.2 Å². The lowest BCUT2D eigenvalue weighted by molar-refractivity contribution is 0.0697. The van der Waals surface area contributed by atoms with Crippen LogP contribution in [-0.4, -0.2) is 38.8 Å². The van der Waals surface area contributed by atoms with Crippen molar-refractivity contribution in [3.63, 3.8) is 0 Å². The summed E-state index contributed by atoms with van der Waals surface area (Å²) >= 11 is 3.16. The molecule has 18 heavy (non-hydrogen) atoms. The summed E-state index contributed by atoms with van der Waals surface area (Å²) in [5.74, 6) is -1.05. The van der Waals surface area contributed by atoms with E-state index >= 15 is 0 Å². The van der Waals surface area contributed by atoms with Gasteiger partial charge in [0.2, 0.25) is 10.0 Å². The van der Waals surface area contributed by atoms with E-state index in [-0.39, 0.29) is 12.1 Å². The van der Waals surface area contributed by atoms with Crippen LogP contribution in [0.15, 0.2) is 22.7 Å². The second-order valence-corrected chi connectivity index (χ2v) is 6.25. The van der Waals surface area contributed by atoms with E-state index in [0.29, 0.717) is 16.7 Å². The largest absolute Gasteiger partial charge is 0.478 e. The van der Waals surface area contributed by atoms with Gasteiger partial charge in [-0.3, -0.25) is 0 Å². The maximum Gasteiger partial charge on any atom is 0.338 e. The second kappa shape index (κ2) is 6.17. The molecule has 0 aliphatic heterocycles. The molecule has 0 unspecified atom stereocenters. The minimum atomic E-state index is -3.23. The van der Waals surface area contributed by atoms with Crippen molar-refractivity contribution in [1.82, 2.24) is 4.72 Å². The van der Waals surface area contributed by atoms with Crippen molar-refractivity contribution in [2.45, 2.75) is 0 Å². The summed E-state index contributed by atoms with van der Waals surface area (Å²) in [5.41, 5.74) is 0.559. The first kappa shape index (κ1) is 14.9. The average Bonchev–Trinajstić information content (AvgIpc) is 2.22. The first-order valence-corrected chi connectivity index (χ1v) is 7.70. The van der Waals surface area contributed by atoms with Crippen LogP contribution < -0.4 is 10.0 Å². The van der Waals surface area contributed by atoms with Crippen LogP contribution in [0.1, 0.15) is 10.4 Å². The van der Waals surface area contributed by atoms with E-state index in [4.69, 9.17) is 5.11 Å². The Kier molecular flexibility index (Phi) is 5.12. The van der Waals surface area contributed by atoms with Crippen molar-refractivity contribution in [2.24, 2.45) is 0 Å². The zero-order chi connectivity index (χ0) is 13.8. The minimum Gasteiger partial charge on any atom is -0.478 e. The van der Waals surface area contributed by atoms with Crippen LogP contribution in [0.2, 0.25) is 0 Å². The Morgan fingerprint density at radius 2 is 2.06 bits per heavy atom. The highest BCUT2D eigenvalue weighted by atomic mass is 79.9. The number of carboxylic acids is 1. The van der Waals surface area contributed by atoms with Crippen LogP contribution >= 0.6 is 15.9 Å². The lowest BCUT2D eigenvalue weighted by Crippen LogP contribution is -2.28. The summed E-state index contributed by atoms with van der Waals surface area (Å²) < 4.78 is 24.4. The van der Waals surface area contributed by atoms with Gasteiger partial charge in [-0.1, -0.05) is 6.07 Å². The Hall–Kier alpha value is -1.12. The zero-order valence-corrected chi connectivity index (χ0v) is 12.0. The summed E-state index contributed by atoms with van der Waals surface area (Å²) in [6.07, 6.45) is 1.06. The van der Waals surface area contributed by atoms with Gasteiger partial charge in [-0.25, -0.2) is 17.9 Å². The molecule has 0 aliphatic carbocycles. The van der Waals surface area contributed by atoms with Gasteiger partial charge < -0.3 is 10.4 Å². The van der Waals surface area contributed by atoms with Crippen molar-refractivity contribution in [3.05, 3.63) is 28.2 Å². The standard InChI is InChI=1S/C10H13BrN2O4S/c1-18(16,17)13-6-5-12-8-4-2-3-7(11)9(8)10(14)15/h2-4,12-13H,5-6H2,1H3,(H,14,15). The molecule has 3 N–H and O–H groups in total. The molecule has 0 aliphatic rings. The average molecular weight is 337 g/mol. The number of hydrogen-bond donors (Lipinski definition) is 3. The number of halogens is 1. The molecule has 0 aromatic heterocycles. The maximum absolute atomic E-state index is 11.1. The second-order valence-electron chi connectivity index (χ2n) is 3.56. The van der Waals surface area contributed by atoms with Crippen LogP contribution in [-0.2, 0) is 10.0 Å². The van der Waals surface area contributed by atoms with Crippen molar-refractivity contribution in [1.29, 1.82) is 0 Å². The van der Waals surface area contributed by atoms with Crippen molar-refractivity contribution in [2.75, 3.05) is 24.7 Å². The Bertz CT molecular complexity index is 545. The molecule has 0 saturated carbocycles. The van der Waals surface area contributed by atoms with E-state index in [1.807, 2.05) is 0 Å². The minimum absolute atomic E-state index is 0.122. The molecule has 0 amide bonds. The third-order valence-corrected chi connectivity index (χ3v) is 3.42. The number of aromatic carboxylic acids is 1. The lowest BCUT2D eigenvalue weighted by Gasteiger charge is -2.10. The molecular formula is C10H13BrN2O4S. The molecule has 0 heterocycles. The van der Waals surface area contributed by atoms with E-state index in [9.17, 15) is 13.2 Å². The third-order valence-electron chi connectivity index (χ3n) is 2.03. The normalized spacial score (nSPS) is 11.2. The predicted molar refractivity (Wildman–Crippen MR) is 72.4 cm³/mol. The molecule has 6 nitrogen and oxygen atoms in total. The highest BCUT2D eigenvalue weighted by Crippen LogP contribution is 2.24. The molecule has 1 aromatic rings. The van der Waals surface area contributed by atoms with Gasteiger partial charge in [0, 0.05) is 23.2 Å². The molecule has 0 spiro atoms. The number of anilines is 1. The quantitative estimate of drug-likeness (QED) is 0.676. The van der Waals surface area contributed by atoms with Gasteiger partial charge >= 0.3 is 5.97 Å². The number of benzene rings is 1. The van der Waals surface area contributed by atoms with Crippen LogP contribution in [0.4, 0.5) is 5.69 Å². The fourth-order valence-electron chi connectivity index (χ4n) is 1.32. The summed E-state index contributed by atoms with van der Waals surface area (Å²) in [5, 5.41) is 11.9. The third kappa shape index (κ3) is 4.63. The van der Waals surface area contributed by atoms with E-state index < -0.39 is 16.0 Å². The van der Waals surface area contributed by atoms with E-state index in [2.05, 4.69) is 26.0 Å². The molecule has 0 radical (unpaired) electrons. The van der Waals surface area contributed by atoms with Crippen LogP contribution in [0.5, 0.6) is 0 Å². The van der Waals surface area contributed by atoms with E-state index in [1.165, 1.54) is 0 Å². The Morgan fingerprint density at radius 1 is 1.39 bits per heavy atom. The molecule has 0 fully saturated rings. The Morgan fingerprint density at radius 3 is 2.61 bits per heavy atom. The molecule has 0 bridgehead atoms. The Balaban J connectivity index is 2.68. The topological polar surface area (TPSA) is 95.5 Å². The van der Waals surface area contributed by atoms with Crippen molar-refractivity contribution >= 4 is 37.6 Å². The summed E-state index contributed by atoms with van der Waals surface area (Å²) in [7, 11) is -3.23. The van der Waals surface area contributed by atoms with Crippen LogP contribution in [0, 0.1) is 0 Å². The predicted octanol–water partition coefficient (Wildman–Crippen LogP) is 1.11. The van der Waals surface area contributed by atoms with Crippen molar-refractivity contribution in [3.8, 4) is 0 Å². The van der Waals surface area contributed by atoms with Gasteiger partial charge in [0.15, 0.2) is 0 Å². The van der Waals surface area contributed by atoms with E-state index in [0.717, 1.165) is 6.26 Å². The lowest BCUT2D eigenvalue weighted by atomic mass is 10.2. The van der Waals surface area contributed by atoms with Gasteiger partial charge in [0.1, 0.15) is 0 Å². The number of nitrogens with one attached hydrogen (secondary N) is 2. The van der Waals surface area contributed by atoms with Gasteiger partial charge in [0.05, 0.1) is 11.8 Å². The summed E-state index contributed by atoms with van der Waals surface area (Å²) in [6, 6.07) is 4.95. The van der Waals surface area contributed by atoms with Crippen LogP contribution in [0.25, 0.3) is 0 Å². The van der Waals surface area contributed by atoms with Crippen LogP contribution in [0.3, 0.4) is 0 Å². The fourth-order valence-corrected chi connectivity index (χ4v) is 2.33. The number of rotatable bonds is 6. The first-order valence-electron chi connectivity index (χ1n) is 5.01. The molecule has 0 atom stereocenters. The molecular weight excluding hydrogens is 324 g/mol. The zero-order valence-electron chi connectivity index (χ0n) is 9.60. The van der Waals surface area contributed by atoms with Gasteiger partial charge in [-0.2, -0.15) is 0 Å². The number of carboxylic acid groups (broad SMARTS) is 1.